The summed E-state index contributed by atoms with van der Waals surface area (Å²) < 4.78 is 0. The summed E-state index contributed by atoms with van der Waals surface area (Å²) in [5.41, 5.74) is 1.65. The molecule has 0 radical (unpaired) electrons. The monoisotopic (exact) mass is 274 g/mol. The predicted molar refractivity (Wildman–Crippen MR) is 83.9 cm³/mol. The molecule has 110 valence electrons. The Morgan fingerprint density at radius 1 is 1.50 bits per heavy atom. The van der Waals surface area contributed by atoms with Crippen LogP contribution in [-0.2, 0) is 6.42 Å². The molecule has 0 bridgehead atoms. The van der Waals surface area contributed by atoms with Crippen LogP contribution < -0.4 is 5.32 Å². The van der Waals surface area contributed by atoms with Crippen LogP contribution in [0.1, 0.15) is 32.8 Å². The Hall–Kier alpha value is -1.58. The maximum atomic E-state index is 4.76. The molecule has 20 heavy (non-hydrogen) atoms. The lowest BCUT2D eigenvalue weighted by atomic mass is 9.93. The smallest absolute Gasteiger partial charge is 0.193 e. The van der Waals surface area contributed by atoms with Gasteiger partial charge in [-0.05, 0) is 36.8 Å². The number of pyridine rings is 1. The summed E-state index contributed by atoms with van der Waals surface area (Å²) >= 11 is 0. The van der Waals surface area contributed by atoms with E-state index in [1.54, 1.807) is 0 Å². The molecule has 0 atom stereocenters. The zero-order valence-electron chi connectivity index (χ0n) is 12.9. The number of nitrogens with one attached hydrogen (secondary N) is 1. The first-order valence-corrected chi connectivity index (χ1v) is 7.53. The lowest BCUT2D eigenvalue weighted by molar-refractivity contribution is 0.370. The normalized spacial score (nSPS) is 18.4. The van der Waals surface area contributed by atoms with Crippen molar-refractivity contribution in [1.82, 2.24) is 15.2 Å². The summed E-state index contributed by atoms with van der Waals surface area (Å²) in [5.74, 6) is 1.06. The number of hydrogen-bond acceptors (Lipinski definition) is 2. The maximum Gasteiger partial charge on any atom is 0.193 e. The van der Waals surface area contributed by atoms with E-state index in [2.05, 4.69) is 42.0 Å². The molecule has 0 amide bonds. The molecule has 2 rings (SSSR count). The Kier molecular flexibility index (Phi) is 4.99. The van der Waals surface area contributed by atoms with Crippen LogP contribution in [0, 0.1) is 5.41 Å². The number of guanidine groups is 1. The summed E-state index contributed by atoms with van der Waals surface area (Å²) in [6.07, 6.45) is 5.91. The summed E-state index contributed by atoms with van der Waals surface area (Å²) in [6, 6.07) is 4.08. The fourth-order valence-corrected chi connectivity index (χ4v) is 2.56. The highest BCUT2D eigenvalue weighted by atomic mass is 15.3. The number of aromatic nitrogens is 1. The molecule has 1 aliphatic heterocycles. The molecule has 0 aromatic carbocycles. The molecule has 1 aromatic heterocycles. The van der Waals surface area contributed by atoms with Gasteiger partial charge in [-0.15, -0.1) is 0 Å². The van der Waals surface area contributed by atoms with E-state index in [1.165, 1.54) is 12.0 Å². The topological polar surface area (TPSA) is 40.5 Å². The molecule has 1 aromatic rings. The number of rotatable bonds is 4. The molecule has 1 saturated heterocycles. The molecule has 4 heteroatoms. The molecular formula is C16H26N4. The van der Waals surface area contributed by atoms with Gasteiger partial charge < -0.3 is 10.2 Å². The summed E-state index contributed by atoms with van der Waals surface area (Å²) in [5, 5.41) is 3.41. The maximum absolute atomic E-state index is 4.76. The van der Waals surface area contributed by atoms with Crippen molar-refractivity contribution in [3.8, 4) is 0 Å². The molecule has 2 heterocycles. The standard InChI is InChI=1S/C16H26N4/c1-4-18-15(20-11-8-16(2,3)13-20)19-10-7-14-6-5-9-17-12-14/h5-6,9,12H,4,7-8,10-11,13H2,1-3H3,(H,18,19). The summed E-state index contributed by atoms with van der Waals surface area (Å²) in [4.78, 5) is 11.3. The first-order chi connectivity index (χ1) is 9.61. The Morgan fingerprint density at radius 2 is 2.35 bits per heavy atom. The van der Waals surface area contributed by atoms with E-state index in [9.17, 15) is 0 Å². The van der Waals surface area contributed by atoms with Crippen LogP contribution in [0.2, 0.25) is 0 Å². The average molecular weight is 274 g/mol. The molecule has 0 aliphatic carbocycles. The van der Waals surface area contributed by atoms with E-state index in [1.807, 2.05) is 18.5 Å². The van der Waals surface area contributed by atoms with Gasteiger partial charge in [0.25, 0.3) is 0 Å². The van der Waals surface area contributed by atoms with Gasteiger partial charge in [0.05, 0.1) is 0 Å². The second-order valence-electron chi connectivity index (χ2n) is 6.18. The predicted octanol–water partition coefficient (Wildman–Crippen LogP) is 2.32. The molecule has 1 fully saturated rings. The second kappa shape index (κ2) is 6.73. The largest absolute Gasteiger partial charge is 0.357 e. The average Bonchev–Trinajstić information content (AvgIpc) is 2.79. The Balaban J connectivity index is 1.93. The van der Waals surface area contributed by atoms with Gasteiger partial charge in [0, 0.05) is 38.6 Å². The zero-order chi connectivity index (χ0) is 14.4. The third-order valence-electron chi connectivity index (χ3n) is 3.70. The first kappa shape index (κ1) is 14.8. The van der Waals surface area contributed by atoms with Crippen molar-refractivity contribution in [3.63, 3.8) is 0 Å². The van der Waals surface area contributed by atoms with Gasteiger partial charge in [-0.1, -0.05) is 19.9 Å². The van der Waals surface area contributed by atoms with E-state index in [0.717, 1.165) is 38.6 Å². The van der Waals surface area contributed by atoms with E-state index in [-0.39, 0.29) is 0 Å². The lowest BCUT2D eigenvalue weighted by Crippen LogP contribution is -2.40. The highest BCUT2D eigenvalue weighted by Gasteiger charge is 2.30. The molecule has 0 spiro atoms. The van der Waals surface area contributed by atoms with E-state index >= 15 is 0 Å². The van der Waals surface area contributed by atoms with Crippen molar-refractivity contribution in [3.05, 3.63) is 30.1 Å². The van der Waals surface area contributed by atoms with Gasteiger partial charge in [-0.25, -0.2) is 0 Å². The number of nitrogens with zero attached hydrogens (tertiary/aromatic N) is 3. The fraction of sp³-hybridized carbons (Fsp3) is 0.625. The van der Waals surface area contributed by atoms with Crippen LogP contribution in [0.5, 0.6) is 0 Å². The summed E-state index contributed by atoms with van der Waals surface area (Å²) in [6.45, 7) is 10.7. The molecule has 0 saturated carbocycles. The van der Waals surface area contributed by atoms with Gasteiger partial charge in [0.2, 0.25) is 0 Å². The Bertz CT molecular complexity index is 439. The van der Waals surface area contributed by atoms with E-state index in [4.69, 9.17) is 4.99 Å². The Labute approximate surface area is 122 Å². The van der Waals surface area contributed by atoms with Gasteiger partial charge in [0.15, 0.2) is 5.96 Å². The van der Waals surface area contributed by atoms with Gasteiger partial charge in [0.1, 0.15) is 0 Å². The summed E-state index contributed by atoms with van der Waals surface area (Å²) in [7, 11) is 0. The van der Waals surface area contributed by atoms with Crippen molar-refractivity contribution >= 4 is 5.96 Å². The minimum Gasteiger partial charge on any atom is -0.357 e. The zero-order valence-corrected chi connectivity index (χ0v) is 12.9. The molecule has 0 unspecified atom stereocenters. The quantitative estimate of drug-likeness (QED) is 0.676. The second-order valence-corrected chi connectivity index (χ2v) is 6.18. The fourth-order valence-electron chi connectivity index (χ4n) is 2.56. The minimum absolute atomic E-state index is 0.402. The van der Waals surface area contributed by atoms with Crippen molar-refractivity contribution in [2.75, 3.05) is 26.2 Å². The lowest BCUT2D eigenvalue weighted by Gasteiger charge is -2.23. The van der Waals surface area contributed by atoms with Crippen LogP contribution in [0.4, 0.5) is 0 Å². The molecule has 1 N–H and O–H groups in total. The van der Waals surface area contributed by atoms with E-state index in [0.29, 0.717) is 5.41 Å². The highest BCUT2D eigenvalue weighted by Crippen LogP contribution is 2.28. The van der Waals surface area contributed by atoms with Gasteiger partial charge >= 0.3 is 0 Å². The number of likely N-dealkylation sites (tertiary alicyclic amines) is 1. The van der Waals surface area contributed by atoms with Crippen LogP contribution in [0.3, 0.4) is 0 Å². The van der Waals surface area contributed by atoms with Crippen molar-refractivity contribution in [2.24, 2.45) is 10.4 Å². The van der Waals surface area contributed by atoms with Crippen LogP contribution in [-0.4, -0.2) is 42.0 Å². The third-order valence-corrected chi connectivity index (χ3v) is 3.70. The molecular weight excluding hydrogens is 248 g/mol. The van der Waals surface area contributed by atoms with Gasteiger partial charge in [-0.3, -0.25) is 9.98 Å². The van der Waals surface area contributed by atoms with Crippen LogP contribution in [0.25, 0.3) is 0 Å². The number of aliphatic imine (C=N–C) groups is 1. The van der Waals surface area contributed by atoms with Crippen molar-refractivity contribution < 1.29 is 0 Å². The minimum atomic E-state index is 0.402. The van der Waals surface area contributed by atoms with Crippen LogP contribution >= 0.6 is 0 Å². The first-order valence-electron chi connectivity index (χ1n) is 7.53. The van der Waals surface area contributed by atoms with Gasteiger partial charge in [-0.2, -0.15) is 0 Å². The van der Waals surface area contributed by atoms with E-state index < -0.39 is 0 Å². The Morgan fingerprint density at radius 3 is 2.95 bits per heavy atom. The van der Waals surface area contributed by atoms with Crippen LogP contribution in [0.15, 0.2) is 29.5 Å². The van der Waals surface area contributed by atoms with Crippen molar-refractivity contribution in [2.45, 2.75) is 33.6 Å². The number of hydrogen-bond donors (Lipinski definition) is 1. The third kappa shape index (κ3) is 4.22. The molecule has 4 nitrogen and oxygen atoms in total. The SMILES string of the molecule is CCNC(=NCCc1cccnc1)N1CCC(C)(C)C1. The van der Waals surface area contributed by atoms with Crippen molar-refractivity contribution in [1.29, 1.82) is 0 Å². The highest BCUT2D eigenvalue weighted by molar-refractivity contribution is 5.80. The molecule has 1 aliphatic rings.